The highest BCUT2D eigenvalue weighted by molar-refractivity contribution is 5.16. The fourth-order valence-corrected chi connectivity index (χ4v) is 2.95. The fourth-order valence-electron chi connectivity index (χ4n) is 2.95. The van der Waals surface area contributed by atoms with Crippen molar-refractivity contribution in [2.24, 2.45) is 0 Å². The molecule has 0 aliphatic carbocycles. The zero-order valence-electron chi connectivity index (χ0n) is 12.2. The van der Waals surface area contributed by atoms with Crippen molar-refractivity contribution in [2.75, 3.05) is 0 Å². The monoisotopic (exact) mass is 264 g/mol. The lowest BCUT2D eigenvalue weighted by Crippen LogP contribution is -2.55. The van der Waals surface area contributed by atoms with Gasteiger partial charge in [-0.05, 0) is 57.7 Å². The zero-order chi connectivity index (χ0) is 13.8. The van der Waals surface area contributed by atoms with Crippen LogP contribution in [0.5, 0.6) is 0 Å². The maximum atomic E-state index is 12.9. The molecule has 0 spiro atoms. The Hall–Kier alpha value is -0.930. The van der Waals surface area contributed by atoms with Gasteiger partial charge >= 0.3 is 0 Å². The first-order valence-corrected chi connectivity index (χ1v) is 7.35. The van der Waals surface area contributed by atoms with Crippen molar-refractivity contribution in [3.05, 3.63) is 35.6 Å². The molecule has 1 fully saturated rings. The van der Waals surface area contributed by atoms with Crippen LogP contribution in [0.25, 0.3) is 0 Å². The SMILES string of the molecule is CC(Cc1ccc(F)cc1)NN1C(C)CCCC1C. The van der Waals surface area contributed by atoms with Crippen LogP contribution in [0.4, 0.5) is 4.39 Å². The summed E-state index contributed by atoms with van der Waals surface area (Å²) in [5, 5.41) is 2.40. The molecule has 0 radical (unpaired) electrons. The van der Waals surface area contributed by atoms with Crippen LogP contribution in [0.2, 0.25) is 0 Å². The minimum absolute atomic E-state index is 0.164. The van der Waals surface area contributed by atoms with E-state index in [1.54, 1.807) is 0 Å². The van der Waals surface area contributed by atoms with Crippen LogP contribution in [0, 0.1) is 5.82 Å². The number of hydrogen-bond acceptors (Lipinski definition) is 2. The molecule has 0 bridgehead atoms. The Bertz CT molecular complexity index is 380. The minimum atomic E-state index is -0.164. The van der Waals surface area contributed by atoms with E-state index in [0.717, 1.165) is 6.42 Å². The summed E-state index contributed by atoms with van der Waals surface area (Å²) in [6, 6.07) is 8.38. The van der Waals surface area contributed by atoms with Crippen molar-refractivity contribution < 1.29 is 4.39 Å². The molecule has 1 aliphatic rings. The van der Waals surface area contributed by atoms with E-state index in [-0.39, 0.29) is 5.82 Å². The van der Waals surface area contributed by atoms with Crippen molar-refractivity contribution >= 4 is 0 Å². The number of benzene rings is 1. The predicted octanol–water partition coefficient (Wildman–Crippen LogP) is 3.52. The highest BCUT2D eigenvalue weighted by Gasteiger charge is 2.25. The summed E-state index contributed by atoms with van der Waals surface area (Å²) < 4.78 is 12.9. The third kappa shape index (κ3) is 4.02. The molecular formula is C16H25FN2. The summed E-state index contributed by atoms with van der Waals surface area (Å²) in [5.74, 6) is -0.164. The van der Waals surface area contributed by atoms with Gasteiger partial charge in [-0.1, -0.05) is 18.6 Å². The quantitative estimate of drug-likeness (QED) is 0.895. The number of halogens is 1. The van der Waals surface area contributed by atoms with Gasteiger partial charge in [-0.25, -0.2) is 9.40 Å². The summed E-state index contributed by atoms with van der Waals surface area (Å²) in [6.07, 6.45) is 4.78. The molecule has 1 heterocycles. The molecular weight excluding hydrogens is 239 g/mol. The van der Waals surface area contributed by atoms with E-state index in [1.165, 1.54) is 37.0 Å². The molecule has 1 aromatic carbocycles. The molecule has 19 heavy (non-hydrogen) atoms. The van der Waals surface area contributed by atoms with Gasteiger partial charge in [-0.15, -0.1) is 0 Å². The smallest absolute Gasteiger partial charge is 0.123 e. The van der Waals surface area contributed by atoms with Gasteiger partial charge in [0.1, 0.15) is 5.82 Å². The Kier molecular flexibility index (Phi) is 4.94. The van der Waals surface area contributed by atoms with Crippen molar-refractivity contribution in [3.8, 4) is 0 Å². The molecule has 0 amide bonds. The van der Waals surface area contributed by atoms with E-state index < -0.39 is 0 Å². The van der Waals surface area contributed by atoms with E-state index in [4.69, 9.17) is 0 Å². The molecule has 2 nitrogen and oxygen atoms in total. The Morgan fingerprint density at radius 3 is 2.37 bits per heavy atom. The average molecular weight is 264 g/mol. The lowest BCUT2D eigenvalue weighted by molar-refractivity contribution is 0.0323. The summed E-state index contributed by atoms with van der Waals surface area (Å²) in [4.78, 5) is 0. The van der Waals surface area contributed by atoms with Gasteiger partial charge in [0.25, 0.3) is 0 Å². The first-order chi connectivity index (χ1) is 9.06. The van der Waals surface area contributed by atoms with Crippen molar-refractivity contribution in [2.45, 2.75) is 64.6 Å². The van der Waals surface area contributed by atoms with Crippen molar-refractivity contribution in [1.82, 2.24) is 10.4 Å². The van der Waals surface area contributed by atoms with Crippen LogP contribution < -0.4 is 5.43 Å². The lowest BCUT2D eigenvalue weighted by atomic mass is 9.99. The van der Waals surface area contributed by atoms with E-state index >= 15 is 0 Å². The average Bonchev–Trinajstić information content (AvgIpc) is 2.37. The summed E-state index contributed by atoms with van der Waals surface area (Å²) in [5.41, 5.74) is 4.80. The number of piperidine rings is 1. The Morgan fingerprint density at radius 1 is 1.21 bits per heavy atom. The standard InChI is InChI=1S/C16H25FN2/c1-12(11-15-7-9-16(17)10-8-15)18-19-13(2)5-4-6-14(19)3/h7-10,12-14,18H,4-6,11H2,1-3H3. The first kappa shape index (κ1) is 14.5. The van der Waals surface area contributed by atoms with Gasteiger partial charge in [0, 0.05) is 18.1 Å². The van der Waals surface area contributed by atoms with E-state index in [9.17, 15) is 4.39 Å². The molecule has 106 valence electrons. The number of rotatable bonds is 4. The van der Waals surface area contributed by atoms with Gasteiger partial charge in [-0.3, -0.25) is 5.43 Å². The fraction of sp³-hybridized carbons (Fsp3) is 0.625. The molecule has 3 unspecified atom stereocenters. The van der Waals surface area contributed by atoms with Gasteiger partial charge in [-0.2, -0.15) is 0 Å². The molecule has 1 aromatic rings. The van der Waals surface area contributed by atoms with Crippen LogP contribution in [0.3, 0.4) is 0 Å². The highest BCUT2D eigenvalue weighted by Crippen LogP contribution is 2.20. The van der Waals surface area contributed by atoms with Crippen LogP contribution in [0.1, 0.15) is 45.6 Å². The summed E-state index contributed by atoms with van der Waals surface area (Å²) in [7, 11) is 0. The number of nitrogens with zero attached hydrogens (tertiary/aromatic N) is 1. The molecule has 1 saturated heterocycles. The Morgan fingerprint density at radius 2 is 1.79 bits per heavy atom. The Labute approximate surface area is 116 Å². The minimum Gasteiger partial charge on any atom is -0.252 e. The second-order valence-corrected chi connectivity index (χ2v) is 5.90. The normalized spacial score (nSPS) is 26.3. The molecule has 2 rings (SSSR count). The third-order valence-electron chi connectivity index (χ3n) is 4.02. The van der Waals surface area contributed by atoms with Crippen molar-refractivity contribution in [1.29, 1.82) is 0 Å². The van der Waals surface area contributed by atoms with Crippen LogP contribution >= 0.6 is 0 Å². The van der Waals surface area contributed by atoms with Crippen molar-refractivity contribution in [3.63, 3.8) is 0 Å². The molecule has 0 saturated carbocycles. The molecule has 3 atom stereocenters. The van der Waals surface area contributed by atoms with E-state index in [1.807, 2.05) is 12.1 Å². The van der Waals surface area contributed by atoms with Gasteiger partial charge in [0.2, 0.25) is 0 Å². The van der Waals surface area contributed by atoms with Gasteiger partial charge in [0.15, 0.2) is 0 Å². The maximum absolute atomic E-state index is 12.9. The second kappa shape index (κ2) is 6.49. The summed E-state index contributed by atoms with van der Waals surface area (Å²) in [6.45, 7) is 6.76. The number of hydrazine groups is 1. The first-order valence-electron chi connectivity index (χ1n) is 7.35. The molecule has 1 N–H and O–H groups in total. The second-order valence-electron chi connectivity index (χ2n) is 5.90. The lowest BCUT2D eigenvalue weighted by Gasteiger charge is -2.41. The highest BCUT2D eigenvalue weighted by atomic mass is 19.1. The molecule has 3 heteroatoms. The van der Waals surface area contributed by atoms with E-state index in [2.05, 4.69) is 31.2 Å². The summed E-state index contributed by atoms with van der Waals surface area (Å²) >= 11 is 0. The third-order valence-corrected chi connectivity index (χ3v) is 4.02. The number of nitrogens with one attached hydrogen (secondary N) is 1. The van der Waals surface area contributed by atoms with Crippen LogP contribution in [-0.2, 0) is 6.42 Å². The zero-order valence-corrected chi connectivity index (χ0v) is 12.2. The maximum Gasteiger partial charge on any atom is 0.123 e. The predicted molar refractivity (Wildman–Crippen MR) is 77.3 cm³/mol. The Balaban J connectivity index is 1.89. The topological polar surface area (TPSA) is 15.3 Å². The largest absolute Gasteiger partial charge is 0.252 e. The van der Waals surface area contributed by atoms with Gasteiger partial charge in [0.05, 0.1) is 0 Å². The van der Waals surface area contributed by atoms with Gasteiger partial charge < -0.3 is 0 Å². The van der Waals surface area contributed by atoms with Crippen LogP contribution in [-0.4, -0.2) is 23.1 Å². The van der Waals surface area contributed by atoms with Crippen LogP contribution in [0.15, 0.2) is 24.3 Å². The molecule has 1 aliphatic heterocycles. The molecule has 0 aromatic heterocycles. The number of hydrogen-bond donors (Lipinski definition) is 1. The van der Waals surface area contributed by atoms with E-state index in [0.29, 0.717) is 18.1 Å².